The Morgan fingerprint density at radius 2 is 1.85 bits per heavy atom. The van der Waals surface area contributed by atoms with E-state index in [1.165, 1.54) is 36.8 Å². The summed E-state index contributed by atoms with van der Waals surface area (Å²) in [4.78, 5) is 0.241. The van der Waals surface area contributed by atoms with Gasteiger partial charge in [-0.2, -0.15) is 0 Å². The third kappa shape index (κ3) is 2.47. The van der Waals surface area contributed by atoms with Crippen LogP contribution < -0.4 is 0 Å². The number of aryl methyl sites for hydroxylation is 2. The lowest BCUT2D eigenvalue weighted by Crippen LogP contribution is -1.93. The lowest BCUT2D eigenvalue weighted by atomic mass is 10.00. The van der Waals surface area contributed by atoms with Crippen molar-refractivity contribution in [1.82, 2.24) is 0 Å². The molecule has 0 amide bonds. The van der Waals surface area contributed by atoms with Crippen molar-refractivity contribution >= 4 is 53.3 Å². The van der Waals surface area contributed by atoms with Gasteiger partial charge < -0.3 is 0 Å². The maximum Gasteiger partial charge on any atom is 0.0658 e. The minimum atomic E-state index is 0.241. The zero-order chi connectivity index (χ0) is 14.3. The van der Waals surface area contributed by atoms with Crippen molar-refractivity contribution in [3.63, 3.8) is 0 Å². The molecule has 2 aromatic carbocycles. The average molecular weight is 410 g/mol. The molecule has 1 aromatic heterocycles. The number of hydrogen-bond donors (Lipinski definition) is 0. The highest BCUT2D eigenvalue weighted by Gasteiger charge is 2.16. The first-order chi connectivity index (χ1) is 9.58. The molecule has 3 heteroatoms. The molecule has 0 saturated carbocycles. The Hall–Kier alpha value is -0.640. The highest BCUT2D eigenvalue weighted by molar-refractivity contribution is 9.10. The summed E-state index contributed by atoms with van der Waals surface area (Å²) in [7, 11) is 0. The standard InChI is InChI=1S/C17H14Br2S/c1-10-6-7-12(8-11(10)2)16(19)14-9-20-17-13(14)4-3-5-15(17)18/h3-9,16H,1-2H3. The van der Waals surface area contributed by atoms with Crippen LogP contribution in [0, 0.1) is 13.8 Å². The van der Waals surface area contributed by atoms with Crippen LogP contribution in [0.1, 0.15) is 27.1 Å². The molecule has 0 radical (unpaired) electrons. The summed E-state index contributed by atoms with van der Waals surface area (Å²) < 4.78 is 2.49. The van der Waals surface area contributed by atoms with E-state index in [4.69, 9.17) is 0 Å². The molecule has 0 aliphatic rings. The van der Waals surface area contributed by atoms with Crippen molar-refractivity contribution < 1.29 is 0 Å². The van der Waals surface area contributed by atoms with E-state index >= 15 is 0 Å². The van der Waals surface area contributed by atoms with Gasteiger partial charge in [-0.15, -0.1) is 11.3 Å². The summed E-state index contributed by atoms with van der Waals surface area (Å²) in [5, 5.41) is 3.58. The van der Waals surface area contributed by atoms with Gasteiger partial charge >= 0.3 is 0 Å². The van der Waals surface area contributed by atoms with Crippen molar-refractivity contribution in [2.24, 2.45) is 0 Å². The second kappa shape index (κ2) is 5.63. The van der Waals surface area contributed by atoms with Gasteiger partial charge in [0.05, 0.1) is 4.83 Å². The second-order valence-electron chi connectivity index (χ2n) is 5.01. The molecule has 0 spiro atoms. The van der Waals surface area contributed by atoms with Gasteiger partial charge in [0.2, 0.25) is 0 Å². The number of benzene rings is 2. The molecule has 1 heterocycles. The molecular weight excluding hydrogens is 396 g/mol. The summed E-state index contributed by atoms with van der Waals surface area (Å²) >= 11 is 9.29. The fourth-order valence-corrected chi connectivity index (χ4v) is 4.83. The SMILES string of the molecule is Cc1ccc(C(Br)c2csc3c(Br)cccc23)cc1C. The molecule has 0 aliphatic carbocycles. The molecule has 1 unspecified atom stereocenters. The van der Waals surface area contributed by atoms with Crippen molar-refractivity contribution in [2.75, 3.05) is 0 Å². The first kappa shape index (κ1) is 14.3. The lowest BCUT2D eigenvalue weighted by Gasteiger charge is -2.12. The van der Waals surface area contributed by atoms with Crippen molar-refractivity contribution in [1.29, 1.82) is 0 Å². The molecule has 0 fully saturated rings. The van der Waals surface area contributed by atoms with E-state index in [2.05, 4.69) is 87.5 Å². The smallest absolute Gasteiger partial charge is 0.0658 e. The number of halogens is 2. The third-order valence-corrected chi connectivity index (χ3v) is 6.67. The van der Waals surface area contributed by atoms with E-state index in [9.17, 15) is 0 Å². The maximum absolute atomic E-state index is 3.87. The predicted octanol–water partition coefficient (Wildman–Crippen LogP) is 6.76. The van der Waals surface area contributed by atoms with Crippen LogP contribution in [0.2, 0.25) is 0 Å². The van der Waals surface area contributed by atoms with Crippen LogP contribution >= 0.6 is 43.2 Å². The Morgan fingerprint density at radius 3 is 2.60 bits per heavy atom. The average Bonchev–Trinajstić information content (AvgIpc) is 2.86. The van der Waals surface area contributed by atoms with Crippen molar-refractivity contribution in [3.05, 3.63) is 68.5 Å². The summed E-state index contributed by atoms with van der Waals surface area (Å²) in [6, 6.07) is 13.1. The normalized spacial score (nSPS) is 12.8. The fourth-order valence-electron chi connectivity index (χ4n) is 2.34. The molecular formula is C17H14Br2S. The zero-order valence-electron chi connectivity index (χ0n) is 11.3. The zero-order valence-corrected chi connectivity index (χ0v) is 15.3. The highest BCUT2D eigenvalue weighted by Crippen LogP contribution is 2.41. The number of hydrogen-bond acceptors (Lipinski definition) is 1. The largest absolute Gasteiger partial charge is 0.142 e. The van der Waals surface area contributed by atoms with E-state index in [1.54, 1.807) is 11.3 Å². The van der Waals surface area contributed by atoms with E-state index in [0.29, 0.717) is 0 Å². The van der Waals surface area contributed by atoms with Gasteiger partial charge in [0.25, 0.3) is 0 Å². The van der Waals surface area contributed by atoms with Crippen LogP contribution in [0.5, 0.6) is 0 Å². The summed E-state index contributed by atoms with van der Waals surface area (Å²) in [5.74, 6) is 0. The molecule has 0 bridgehead atoms. The maximum atomic E-state index is 3.87. The van der Waals surface area contributed by atoms with Crippen LogP contribution in [-0.2, 0) is 0 Å². The Labute approximate surface area is 140 Å². The minimum absolute atomic E-state index is 0.241. The lowest BCUT2D eigenvalue weighted by molar-refractivity contribution is 1.18. The Bertz CT molecular complexity index is 774. The van der Waals surface area contributed by atoms with Crippen LogP contribution in [0.4, 0.5) is 0 Å². The molecule has 3 aromatic rings. The van der Waals surface area contributed by atoms with Crippen LogP contribution in [-0.4, -0.2) is 0 Å². The minimum Gasteiger partial charge on any atom is -0.142 e. The Morgan fingerprint density at radius 1 is 1.05 bits per heavy atom. The molecule has 0 saturated heterocycles. The van der Waals surface area contributed by atoms with Crippen LogP contribution in [0.25, 0.3) is 10.1 Å². The first-order valence-electron chi connectivity index (χ1n) is 6.45. The number of rotatable bonds is 2. The molecule has 3 rings (SSSR count). The summed E-state index contributed by atoms with van der Waals surface area (Å²) in [6.07, 6.45) is 0. The van der Waals surface area contributed by atoms with E-state index < -0.39 is 0 Å². The Kier molecular flexibility index (Phi) is 4.02. The molecule has 1 atom stereocenters. The summed E-state index contributed by atoms with van der Waals surface area (Å²) in [6.45, 7) is 4.32. The molecule has 0 aliphatic heterocycles. The van der Waals surface area contributed by atoms with Gasteiger partial charge in [0.15, 0.2) is 0 Å². The molecule has 20 heavy (non-hydrogen) atoms. The molecule has 0 N–H and O–H groups in total. The van der Waals surface area contributed by atoms with E-state index in [0.717, 1.165) is 0 Å². The summed E-state index contributed by atoms with van der Waals surface area (Å²) in [5.41, 5.74) is 5.33. The third-order valence-electron chi connectivity index (χ3n) is 3.68. The predicted molar refractivity (Wildman–Crippen MR) is 96.2 cm³/mol. The van der Waals surface area contributed by atoms with E-state index in [-0.39, 0.29) is 4.83 Å². The fraction of sp³-hybridized carbons (Fsp3) is 0.176. The Balaban J connectivity index is 2.10. The molecule has 102 valence electrons. The van der Waals surface area contributed by atoms with Gasteiger partial charge in [-0.3, -0.25) is 0 Å². The number of thiophene rings is 1. The van der Waals surface area contributed by atoms with Crippen LogP contribution in [0.15, 0.2) is 46.3 Å². The highest BCUT2D eigenvalue weighted by atomic mass is 79.9. The van der Waals surface area contributed by atoms with E-state index in [1.807, 2.05) is 0 Å². The van der Waals surface area contributed by atoms with Gasteiger partial charge in [0.1, 0.15) is 0 Å². The first-order valence-corrected chi connectivity index (χ1v) is 9.03. The van der Waals surface area contributed by atoms with Gasteiger partial charge in [-0.1, -0.05) is 46.3 Å². The van der Waals surface area contributed by atoms with Gasteiger partial charge in [-0.05, 0) is 68.9 Å². The van der Waals surface area contributed by atoms with Gasteiger partial charge in [0, 0.05) is 9.17 Å². The quantitative estimate of drug-likeness (QED) is 0.410. The monoisotopic (exact) mass is 408 g/mol. The van der Waals surface area contributed by atoms with Crippen LogP contribution in [0.3, 0.4) is 0 Å². The van der Waals surface area contributed by atoms with Gasteiger partial charge in [-0.25, -0.2) is 0 Å². The van der Waals surface area contributed by atoms with Crippen molar-refractivity contribution in [2.45, 2.75) is 18.7 Å². The number of fused-ring (bicyclic) bond motifs is 1. The second-order valence-corrected chi connectivity index (χ2v) is 7.66. The molecule has 0 nitrogen and oxygen atoms in total. The van der Waals surface area contributed by atoms with Crippen molar-refractivity contribution in [3.8, 4) is 0 Å². The topological polar surface area (TPSA) is 0 Å². The number of alkyl halides is 1.